The van der Waals surface area contributed by atoms with Gasteiger partial charge in [-0.05, 0) is 38.3 Å². The molecule has 3 heteroatoms. The Hall–Kier alpha value is -1.64. The standard InChI is InChI=1S/C15H19NO2/c1-10-3-4-11(2)13(9-10)14(17)7-8-15(18)16-12-5-6-12/h3-4,9,12H,5-8H2,1-2H3,(H,16,18). The van der Waals surface area contributed by atoms with Gasteiger partial charge in [0.05, 0.1) is 0 Å². The van der Waals surface area contributed by atoms with E-state index in [2.05, 4.69) is 5.32 Å². The van der Waals surface area contributed by atoms with Crippen molar-refractivity contribution in [3.05, 3.63) is 34.9 Å². The maximum absolute atomic E-state index is 12.0. The van der Waals surface area contributed by atoms with Crippen LogP contribution in [-0.4, -0.2) is 17.7 Å². The molecule has 0 spiro atoms. The quantitative estimate of drug-likeness (QED) is 0.810. The fourth-order valence-electron chi connectivity index (χ4n) is 1.93. The third-order valence-corrected chi connectivity index (χ3v) is 3.22. The Morgan fingerprint density at radius 2 is 1.94 bits per heavy atom. The first-order valence-corrected chi connectivity index (χ1v) is 6.46. The third kappa shape index (κ3) is 3.42. The molecule has 1 fully saturated rings. The lowest BCUT2D eigenvalue weighted by Gasteiger charge is -2.06. The second-order valence-corrected chi connectivity index (χ2v) is 5.08. The zero-order valence-electron chi connectivity index (χ0n) is 11.0. The maximum atomic E-state index is 12.0. The minimum absolute atomic E-state index is 0.00356. The van der Waals surface area contributed by atoms with Crippen LogP contribution in [0.25, 0.3) is 0 Å². The molecule has 1 aliphatic rings. The van der Waals surface area contributed by atoms with E-state index in [1.165, 1.54) is 0 Å². The molecule has 0 unspecified atom stereocenters. The molecule has 1 aromatic rings. The van der Waals surface area contributed by atoms with Crippen molar-refractivity contribution in [3.8, 4) is 0 Å². The van der Waals surface area contributed by atoms with Gasteiger partial charge in [-0.1, -0.05) is 17.7 Å². The van der Waals surface area contributed by atoms with Gasteiger partial charge in [-0.15, -0.1) is 0 Å². The van der Waals surface area contributed by atoms with Crippen molar-refractivity contribution in [3.63, 3.8) is 0 Å². The van der Waals surface area contributed by atoms with Crippen molar-refractivity contribution < 1.29 is 9.59 Å². The highest BCUT2D eigenvalue weighted by molar-refractivity contribution is 5.99. The topological polar surface area (TPSA) is 46.2 Å². The highest BCUT2D eigenvalue weighted by Crippen LogP contribution is 2.19. The summed E-state index contributed by atoms with van der Waals surface area (Å²) in [6, 6.07) is 6.21. The SMILES string of the molecule is Cc1ccc(C)c(C(=O)CCC(=O)NC2CC2)c1. The zero-order chi connectivity index (χ0) is 13.1. The van der Waals surface area contributed by atoms with Gasteiger partial charge in [-0.3, -0.25) is 9.59 Å². The molecule has 0 bridgehead atoms. The van der Waals surface area contributed by atoms with Crippen LogP contribution in [0.15, 0.2) is 18.2 Å². The van der Waals surface area contributed by atoms with Crippen molar-refractivity contribution in [2.45, 2.75) is 45.6 Å². The van der Waals surface area contributed by atoms with Gasteiger partial charge in [0, 0.05) is 24.4 Å². The average Bonchev–Trinajstić information content (AvgIpc) is 3.13. The molecule has 96 valence electrons. The predicted molar refractivity (Wildman–Crippen MR) is 70.6 cm³/mol. The minimum Gasteiger partial charge on any atom is -0.353 e. The molecule has 0 heterocycles. The van der Waals surface area contributed by atoms with Crippen LogP contribution < -0.4 is 5.32 Å². The number of rotatable bonds is 5. The van der Waals surface area contributed by atoms with Crippen molar-refractivity contribution in [2.24, 2.45) is 0 Å². The average molecular weight is 245 g/mol. The highest BCUT2D eigenvalue weighted by atomic mass is 16.2. The molecule has 2 rings (SSSR count). The van der Waals surface area contributed by atoms with Gasteiger partial charge in [0.25, 0.3) is 0 Å². The third-order valence-electron chi connectivity index (χ3n) is 3.22. The minimum atomic E-state index is -0.00356. The second kappa shape index (κ2) is 5.34. The summed E-state index contributed by atoms with van der Waals surface area (Å²) >= 11 is 0. The Balaban J connectivity index is 1.90. The van der Waals surface area contributed by atoms with E-state index >= 15 is 0 Å². The smallest absolute Gasteiger partial charge is 0.220 e. The van der Waals surface area contributed by atoms with E-state index in [0.29, 0.717) is 18.9 Å². The first kappa shape index (κ1) is 12.8. The molecule has 1 aliphatic carbocycles. The summed E-state index contributed by atoms with van der Waals surface area (Å²) in [6.07, 6.45) is 2.75. The number of carbonyl (C=O) groups excluding carboxylic acids is 2. The lowest BCUT2D eigenvalue weighted by atomic mass is 9.99. The van der Waals surface area contributed by atoms with E-state index in [1.807, 2.05) is 32.0 Å². The molecular formula is C15H19NO2. The lowest BCUT2D eigenvalue weighted by Crippen LogP contribution is -2.25. The number of amides is 1. The van der Waals surface area contributed by atoms with Crippen LogP contribution in [0.3, 0.4) is 0 Å². The molecule has 1 amide bonds. The van der Waals surface area contributed by atoms with Crippen LogP contribution in [0.5, 0.6) is 0 Å². The Kier molecular flexibility index (Phi) is 3.80. The normalized spacial score (nSPS) is 14.3. The summed E-state index contributed by atoms with van der Waals surface area (Å²) in [4.78, 5) is 23.6. The Bertz CT molecular complexity index is 475. The van der Waals surface area contributed by atoms with E-state index in [0.717, 1.165) is 29.5 Å². The first-order chi connectivity index (χ1) is 8.56. The molecule has 1 N–H and O–H groups in total. The molecule has 3 nitrogen and oxygen atoms in total. The lowest BCUT2D eigenvalue weighted by molar-refractivity contribution is -0.121. The van der Waals surface area contributed by atoms with Gasteiger partial charge in [-0.2, -0.15) is 0 Å². The van der Waals surface area contributed by atoms with Gasteiger partial charge in [0.2, 0.25) is 5.91 Å². The monoisotopic (exact) mass is 245 g/mol. The summed E-state index contributed by atoms with van der Waals surface area (Å²) in [5.41, 5.74) is 2.80. The molecule has 0 aromatic heterocycles. The van der Waals surface area contributed by atoms with E-state index in [1.54, 1.807) is 0 Å². The first-order valence-electron chi connectivity index (χ1n) is 6.46. The number of Topliss-reactive ketones (excluding diaryl/α,β-unsaturated/α-hetero) is 1. The molecule has 0 saturated heterocycles. The van der Waals surface area contributed by atoms with Gasteiger partial charge in [0.1, 0.15) is 0 Å². The number of ketones is 1. The number of aryl methyl sites for hydroxylation is 2. The molecule has 18 heavy (non-hydrogen) atoms. The Labute approximate surface area is 108 Å². The van der Waals surface area contributed by atoms with Crippen molar-refractivity contribution >= 4 is 11.7 Å². The summed E-state index contributed by atoms with van der Waals surface area (Å²) in [5, 5.41) is 2.90. The van der Waals surface area contributed by atoms with Crippen molar-refractivity contribution in [1.82, 2.24) is 5.32 Å². The largest absolute Gasteiger partial charge is 0.353 e. The second-order valence-electron chi connectivity index (χ2n) is 5.08. The predicted octanol–water partition coefficient (Wildman–Crippen LogP) is 2.54. The Morgan fingerprint density at radius 1 is 1.22 bits per heavy atom. The number of hydrogen-bond acceptors (Lipinski definition) is 2. The fraction of sp³-hybridized carbons (Fsp3) is 0.467. The Morgan fingerprint density at radius 3 is 2.61 bits per heavy atom. The fourth-order valence-corrected chi connectivity index (χ4v) is 1.93. The summed E-state index contributed by atoms with van der Waals surface area (Å²) < 4.78 is 0. The summed E-state index contributed by atoms with van der Waals surface area (Å²) in [7, 11) is 0. The number of nitrogens with one attached hydrogen (secondary N) is 1. The van der Waals surface area contributed by atoms with Gasteiger partial charge in [0.15, 0.2) is 5.78 Å². The van der Waals surface area contributed by atoms with E-state index < -0.39 is 0 Å². The number of hydrogen-bond donors (Lipinski definition) is 1. The van der Waals surface area contributed by atoms with Crippen LogP contribution >= 0.6 is 0 Å². The summed E-state index contributed by atoms with van der Waals surface area (Å²) in [5.74, 6) is 0.0540. The van der Waals surface area contributed by atoms with Gasteiger partial charge >= 0.3 is 0 Å². The van der Waals surface area contributed by atoms with Gasteiger partial charge in [-0.25, -0.2) is 0 Å². The van der Waals surface area contributed by atoms with Gasteiger partial charge < -0.3 is 5.32 Å². The van der Waals surface area contributed by atoms with Crippen LogP contribution in [-0.2, 0) is 4.79 Å². The van der Waals surface area contributed by atoms with Crippen molar-refractivity contribution in [2.75, 3.05) is 0 Å². The zero-order valence-corrected chi connectivity index (χ0v) is 11.0. The van der Waals surface area contributed by atoms with Crippen LogP contribution in [0.1, 0.15) is 47.2 Å². The van der Waals surface area contributed by atoms with Crippen molar-refractivity contribution in [1.29, 1.82) is 0 Å². The van der Waals surface area contributed by atoms with Crippen LogP contribution in [0.2, 0.25) is 0 Å². The number of benzene rings is 1. The van der Waals surface area contributed by atoms with E-state index in [4.69, 9.17) is 0 Å². The highest BCUT2D eigenvalue weighted by Gasteiger charge is 2.23. The molecule has 1 saturated carbocycles. The molecule has 1 aromatic carbocycles. The van der Waals surface area contributed by atoms with E-state index in [-0.39, 0.29) is 11.7 Å². The molecule has 0 radical (unpaired) electrons. The maximum Gasteiger partial charge on any atom is 0.220 e. The molecular weight excluding hydrogens is 226 g/mol. The van der Waals surface area contributed by atoms with Crippen LogP contribution in [0, 0.1) is 13.8 Å². The van der Waals surface area contributed by atoms with Crippen LogP contribution in [0.4, 0.5) is 0 Å². The number of carbonyl (C=O) groups is 2. The van der Waals surface area contributed by atoms with E-state index in [9.17, 15) is 9.59 Å². The summed E-state index contributed by atoms with van der Waals surface area (Å²) in [6.45, 7) is 3.90. The molecule has 0 aliphatic heterocycles. The molecule has 0 atom stereocenters.